The highest BCUT2D eigenvalue weighted by molar-refractivity contribution is 6.19. The third-order valence-corrected chi connectivity index (χ3v) is 8.46. The first-order valence-electron chi connectivity index (χ1n) is 14.5. The number of hydrogen-bond acceptors (Lipinski definition) is 3. The number of furan rings is 2. The largest absolute Gasteiger partial charge is 0.456 e. The zero-order valence-electron chi connectivity index (χ0n) is 23.2. The van der Waals surface area contributed by atoms with Crippen molar-refractivity contribution >= 4 is 71.7 Å². The van der Waals surface area contributed by atoms with Crippen LogP contribution >= 0.6 is 0 Å². The van der Waals surface area contributed by atoms with Gasteiger partial charge in [0.15, 0.2) is 0 Å². The molecule has 0 aliphatic carbocycles. The first-order valence-corrected chi connectivity index (χ1v) is 14.5. The van der Waals surface area contributed by atoms with Crippen LogP contribution in [0.5, 0.6) is 0 Å². The Bertz CT molecular complexity index is 2450. The van der Waals surface area contributed by atoms with Gasteiger partial charge in [0.05, 0.1) is 11.1 Å². The van der Waals surface area contributed by atoms with Crippen molar-refractivity contribution in [1.82, 2.24) is 0 Å². The van der Waals surface area contributed by atoms with E-state index < -0.39 is 0 Å². The van der Waals surface area contributed by atoms with Crippen LogP contribution in [-0.4, -0.2) is 0 Å². The highest BCUT2D eigenvalue weighted by atomic mass is 16.3. The molecule has 0 N–H and O–H groups in total. The Labute approximate surface area is 247 Å². The van der Waals surface area contributed by atoms with Crippen molar-refractivity contribution in [3.63, 3.8) is 0 Å². The van der Waals surface area contributed by atoms with E-state index in [1.807, 2.05) is 18.2 Å². The van der Waals surface area contributed by atoms with E-state index in [2.05, 4.69) is 138 Å². The molecule has 0 fully saturated rings. The normalized spacial score (nSPS) is 11.7. The van der Waals surface area contributed by atoms with Crippen LogP contribution < -0.4 is 4.90 Å². The summed E-state index contributed by atoms with van der Waals surface area (Å²) in [6.45, 7) is 0. The maximum Gasteiger partial charge on any atom is 0.143 e. The van der Waals surface area contributed by atoms with E-state index in [-0.39, 0.29) is 0 Å². The lowest BCUT2D eigenvalue weighted by Gasteiger charge is -2.26. The number of para-hydroxylation sites is 2. The molecule has 0 aliphatic heterocycles. The Balaban J connectivity index is 1.24. The van der Waals surface area contributed by atoms with Gasteiger partial charge in [-0.1, -0.05) is 97.1 Å². The summed E-state index contributed by atoms with van der Waals surface area (Å²) in [6, 6.07) is 53.0. The fourth-order valence-corrected chi connectivity index (χ4v) is 6.53. The van der Waals surface area contributed by atoms with Gasteiger partial charge in [0.1, 0.15) is 22.3 Å². The predicted octanol–water partition coefficient (Wildman–Crippen LogP) is 11.8. The Morgan fingerprint density at radius 3 is 1.93 bits per heavy atom. The van der Waals surface area contributed by atoms with E-state index in [0.717, 1.165) is 77.5 Å². The maximum absolute atomic E-state index is 6.54. The van der Waals surface area contributed by atoms with Crippen molar-refractivity contribution < 1.29 is 8.83 Å². The van der Waals surface area contributed by atoms with Gasteiger partial charge in [-0.05, 0) is 71.1 Å². The van der Waals surface area contributed by atoms with Gasteiger partial charge in [-0.15, -0.1) is 0 Å². The molecule has 202 valence electrons. The van der Waals surface area contributed by atoms with Crippen LogP contribution in [0.15, 0.2) is 160 Å². The minimum absolute atomic E-state index is 0.875. The molecule has 43 heavy (non-hydrogen) atoms. The second kappa shape index (κ2) is 9.37. The minimum Gasteiger partial charge on any atom is -0.456 e. The average Bonchev–Trinajstić information content (AvgIpc) is 3.65. The molecule has 0 bridgehead atoms. The van der Waals surface area contributed by atoms with Crippen LogP contribution in [0.25, 0.3) is 65.8 Å². The van der Waals surface area contributed by atoms with Crippen molar-refractivity contribution in [3.05, 3.63) is 152 Å². The second-order valence-corrected chi connectivity index (χ2v) is 10.9. The lowest BCUT2D eigenvalue weighted by Crippen LogP contribution is -2.10. The third kappa shape index (κ3) is 3.68. The molecule has 9 rings (SSSR count). The molecule has 0 unspecified atom stereocenters. The number of hydrogen-bond donors (Lipinski definition) is 0. The van der Waals surface area contributed by atoms with Crippen molar-refractivity contribution in [3.8, 4) is 11.1 Å². The monoisotopic (exact) mass is 551 g/mol. The molecule has 0 amide bonds. The smallest absolute Gasteiger partial charge is 0.143 e. The highest BCUT2D eigenvalue weighted by Crippen LogP contribution is 2.45. The summed E-state index contributed by atoms with van der Waals surface area (Å²) in [5.41, 5.74) is 9.15. The standard InChI is InChI=1S/C40H25NO2/c1-2-11-28(12-3-1)41(34-16-9-19-37-39(34)33-25-22-26-10-4-5-13-31(26)40(33)43-37)29-23-20-27(21-24-29)30-15-8-18-36-38(30)32-14-6-7-17-35(32)42-36/h1-25H. The molecule has 0 aliphatic rings. The molecule has 0 saturated carbocycles. The van der Waals surface area contributed by atoms with E-state index >= 15 is 0 Å². The van der Waals surface area contributed by atoms with Gasteiger partial charge >= 0.3 is 0 Å². The lowest BCUT2D eigenvalue weighted by molar-refractivity contribution is 0.669. The predicted molar refractivity (Wildman–Crippen MR) is 179 cm³/mol. The molecule has 0 spiro atoms. The molecule has 3 nitrogen and oxygen atoms in total. The van der Waals surface area contributed by atoms with Gasteiger partial charge in [-0.25, -0.2) is 0 Å². The van der Waals surface area contributed by atoms with Gasteiger partial charge in [-0.3, -0.25) is 0 Å². The summed E-state index contributed by atoms with van der Waals surface area (Å²) >= 11 is 0. The Morgan fingerprint density at radius 2 is 1.07 bits per heavy atom. The van der Waals surface area contributed by atoms with Crippen LogP contribution in [0, 0.1) is 0 Å². The quantitative estimate of drug-likeness (QED) is 0.218. The summed E-state index contributed by atoms with van der Waals surface area (Å²) in [5, 5.41) is 6.79. The first-order chi connectivity index (χ1) is 21.3. The summed E-state index contributed by atoms with van der Waals surface area (Å²) in [7, 11) is 0. The van der Waals surface area contributed by atoms with E-state index in [9.17, 15) is 0 Å². The molecule has 0 atom stereocenters. The summed E-state index contributed by atoms with van der Waals surface area (Å²) < 4.78 is 12.7. The van der Waals surface area contributed by atoms with Crippen LogP contribution in [0.3, 0.4) is 0 Å². The Kier molecular flexibility index (Phi) is 5.20. The fourth-order valence-electron chi connectivity index (χ4n) is 6.53. The van der Waals surface area contributed by atoms with Gasteiger partial charge in [0.25, 0.3) is 0 Å². The van der Waals surface area contributed by atoms with E-state index in [1.165, 1.54) is 5.39 Å². The maximum atomic E-state index is 6.54. The SMILES string of the molecule is c1ccc(N(c2ccc(-c3cccc4oc5ccccc5c34)cc2)c2cccc3oc4c5ccccc5ccc4c23)cc1. The zero-order valence-corrected chi connectivity index (χ0v) is 23.2. The number of fused-ring (bicyclic) bond motifs is 8. The number of rotatable bonds is 4. The van der Waals surface area contributed by atoms with E-state index in [4.69, 9.17) is 8.83 Å². The molecule has 2 heterocycles. The first kappa shape index (κ1) is 23.9. The highest BCUT2D eigenvalue weighted by Gasteiger charge is 2.20. The Hall–Kier alpha value is -5.80. The van der Waals surface area contributed by atoms with Crippen molar-refractivity contribution in [1.29, 1.82) is 0 Å². The van der Waals surface area contributed by atoms with Crippen molar-refractivity contribution in [2.24, 2.45) is 0 Å². The number of benzene rings is 7. The molecule has 2 aromatic heterocycles. The van der Waals surface area contributed by atoms with Crippen molar-refractivity contribution in [2.75, 3.05) is 4.90 Å². The molecule has 0 saturated heterocycles. The molecular formula is C40H25NO2. The minimum atomic E-state index is 0.875. The van der Waals surface area contributed by atoms with Gasteiger partial charge in [0.2, 0.25) is 0 Å². The van der Waals surface area contributed by atoms with E-state index in [0.29, 0.717) is 0 Å². The van der Waals surface area contributed by atoms with Crippen LogP contribution in [0.1, 0.15) is 0 Å². The molecule has 3 heteroatoms. The zero-order chi connectivity index (χ0) is 28.3. The summed E-state index contributed by atoms with van der Waals surface area (Å²) in [4.78, 5) is 2.32. The third-order valence-electron chi connectivity index (χ3n) is 8.46. The van der Waals surface area contributed by atoms with Crippen LogP contribution in [0.4, 0.5) is 17.1 Å². The van der Waals surface area contributed by atoms with Crippen LogP contribution in [0.2, 0.25) is 0 Å². The van der Waals surface area contributed by atoms with Gasteiger partial charge in [0, 0.05) is 32.9 Å². The summed E-state index contributed by atoms with van der Waals surface area (Å²) in [5.74, 6) is 0. The average molecular weight is 552 g/mol. The lowest BCUT2D eigenvalue weighted by atomic mass is 9.99. The fraction of sp³-hybridized carbons (Fsp3) is 0. The Morgan fingerprint density at radius 1 is 0.395 bits per heavy atom. The molecular weight excluding hydrogens is 526 g/mol. The molecule has 0 radical (unpaired) electrons. The van der Waals surface area contributed by atoms with Crippen molar-refractivity contribution in [2.45, 2.75) is 0 Å². The van der Waals surface area contributed by atoms with Gasteiger partial charge < -0.3 is 13.7 Å². The molecule has 7 aromatic carbocycles. The van der Waals surface area contributed by atoms with Gasteiger partial charge in [-0.2, -0.15) is 0 Å². The van der Waals surface area contributed by atoms with E-state index in [1.54, 1.807) is 0 Å². The topological polar surface area (TPSA) is 29.5 Å². The summed E-state index contributed by atoms with van der Waals surface area (Å²) in [6.07, 6.45) is 0. The van der Waals surface area contributed by atoms with Crippen LogP contribution in [-0.2, 0) is 0 Å². The number of nitrogens with zero attached hydrogens (tertiary/aromatic N) is 1. The second-order valence-electron chi connectivity index (χ2n) is 10.9. The number of anilines is 3. The molecule has 9 aromatic rings.